The summed E-state index contributed by atoms with van der Waals surface area (Å²) >= 11 is 0. The number of halogens is 1. The number of aryl methyl sites for hydroxylation is 2. The summed E-state index contributed by atoms with van der Waals surface area (Å²) < 4.78 is 14.2. The van der Waals surface area contributed by atoms with Gasteiger partial charge in [0.1, 0.15) is 11.9 Å². The third-order valence-corrected chi connectivity index (χ3v) is 4.81. The largest absolute Gasteiger partial charge is 0.508 e. The number of benzene rings is 1. The van der Waals surface area contributed by atoms with E-state index in [-0.39, 0.29) is 5.92 Å². The van der Waals surface area contributed by atoms with E-state index in [9.17, 15) is 9.50 Å². The highest BCUT2D eigenvalue weighted by molar-refractivity contribution is 5.82. The Morgan fingerprint density at radius 2 is 1.85 bits per heavy atom. The summed E-state index contributed by atoms with van der Waals surface area (Å²) in [5.74, 6) is 0.758. The summed E-state index contributed by atoms with van der Waals surface area (Å²) in [6.45, 7) is 6.17. The molecule has 0 bridgehead atoms. The van der Waals surface area contributed by atoms with Gasteiger partial charge in [-0.05, 0) is 73.1 Å². The Balaban J connectivity index is 2.17. The second-order valence-corrected chi connectivity index (χ2v) is 6.24. The predicted molar refractivity (Wildman–Crippen MR) is 80.4 cm³/mol. The van der Waals surface area contributed by atoms with Crippen LogP contribution in [-0.2, 0) is 0 Å². The lowest BCUT2D eigenvalue weighted by Gasteiger charge is -2.26. The summed E-state index contributed by atoms with van der Waals surface area (Å²) in [5.41, 5.74) is 5.74. The van der Waals surface area contributed by atoms with E-state index < -0.39 is 6.17 Å². The zero-order valence-corrected chi connectivity index (χ0v) is 12.3. The second-order valence-electron chi connectivity index (χ2n) is 6.24. The van der Waals surface area contributed by atoms with Crippen LogP contribution in [0.25, 0.3) is 5.57 Å². The van der Waals surface area contributed by atoms with E-state index >= 15 is 0 Å². The molecule has 3 rings (SSSR count). The minimum absolute atomic E-state index is 0.0441. The summed E-state index contributed by atoms with van der Waals surface area (Å²) in [4.78, 5) is 0. The van der Waals surface area contributed by atoms with Crippen molar-refractivity contribution in [1.29, 1.82) is 0 Å². The van der Waals surface area contributed by atoms with Crippen LogP contribution in [0.1, 0.15) is 36.5 Å². The van der Waals surface area contributed by atoms with Crippen molar-refractivity contribution in [2.45, 2.75) is 39.8 Å². The third-order valence-electron chi connectivity index (χ3n) is 4.81. The van der Waals surface area contributed by atoms with Gasteiger partial charge in [-0.2, -0.15) is 0 Å². The average molecular weight is 272 g/mol. The van der Waals surface area contributed by atoms with E-state index in [2.05, 4.69) is 6.92 Å². The Kier molecular flexibility index (Phi) is 3.19. The first kappa shape index (κ1) is 13.4. The summed E-state index contributed by atoms with van der Waals surface area (Å²) in [6.07, 6.45) is 4.87. The Morgan fingerprint density at radius 1 is 1.20 bits per heavy atom. The molecule has 1 N–H and O–H groups in total. The molecule has 1 nitrogen and oxygen atoms in total. The Hall–Kier alpha value is -1.57. The molecule has 0 saturated heterocycles. The van der Waals surface area contributed by atoms with Crippen molar-refractivity contribution in [3.63, 3.8) is 0 Å². The Bertz CT molecular complexity index is 589. The number of alkyl halides is 1. The van der Waals surface area contributed by atoms with Gasteiger partial charge in [0.05, 0.1) is 0 Å². The minimum atomic E-state index is -0.844. The predicted octanol–water partition coefficient (Wildman–Crippen LogP) is 4.72. The van der Waals surface area contributed by atoms with Crippen molar-refractivity contribution in [3.8, 4) is 5.75 Å². The van der Waals surface area contributed by atoms with Crippen molar-refractivity contribution < 1.29 is 9.50 Å². The van der Waals surface area contributed by atoms with Gasteiger partial charge < -0.3 is 5.11 Å². The van der Waals surface area contributed by atoms with Crippen molar-refractivity contribution in [2.75, 3.05) is 0 Å². The number of aromatic hydroxyl groups is 1. The molecule has 0 amide bonds. The molecule has 3 atom stereocenters. The molecule has 0 aliphatic heterocycles. The van der Waals surface area contributed by atoms with Gasteiger partial charge in [0.2, 0.25) is 0 Å². The summed E-state index contributed by atoms with van der Waals surface area (Å²) in [5, 5.41) is 9.69. The molecule has 2 aliphatic carbocycles. The molecule has 2 heteroatoms. The van der Waals surface area contributed by atoms with E-state index in [1.54, 1.807) is 18.2 Å². The molecule has 0 radical (unpaired) electrons. The lowest BCUT2D eigenvalue weighted by molar-refractivity contribution is 0.267. The minimum Gasteiger partial charge on any atom is -0.508 e. The summed E-state index contributed by atoms with van der Waals surface area (Å²) in [7, 11) is 0. The van der Waals surface area contributed by atoms with Crippen molar-refractivity contribution >= 4 is 5.57 Å². The van der Waals surface area contributed by atoms with Crippen molar-refractivity contribution in [1.82, 2.24) is 0 Å². The molecule has 1 aromatic rings. The van der Waals surface area contributed by atoms with Crippen LogP contribution in [0.5, 0.6) is 5.75 Å². The van der Waals surface area contributed by atoms with Crippen molar-refractivity contribution in [3.05, 3.63) is 46.5 Å². The number of rotatable bonds is 1. The Morgan fingerprint density at radius 3 is 2.50 bits per heavy atom. The van der Waals surface area contributed by atoms with E-state index in [0.29, 0.717) is 11.7 Å². The highest BCUT2D eigenvalue weighted by Gasteiger charge is 2.37. The maximum atomic E-state index is 14.2. The number of hydrogen-bond acceptors (Lipinski definition) is 1. The number of fused-ring (bicyclic) bond motifs is 1. The highest BCUT2D eigenvalue weighted by atomic mass is 19.1. The molecule has 0 heterocycles. The smallest absolute Gasteiger partial charge is 0.125 e. The van der Waals surface area contributed by atoms with Gasteiger partial charge >= 0.3 is 0 Å². The standard InChI is InChI=1S/C18H21FO/c1-10-4-5-15-14(6-7-16(19)18(10)15)17-11(2)8-13(20)9-12(17)3/h6-10,16,18,20H,4-5H2,1-3H3/t10-,16?,18?/m1/s1. The molecule has 20 heavy (non-hydrogen) atoms. The van der Waals surface area contributed by atoms with Crippen LogP contribution >= 0.6 is 0 Å². The molecule has 1 fully saturated rings. The molecule has 106 valence electrons. The van der Waals surface area contributed by atoms with Gasteiger partial charge in [-0.15, -0.1) is 0 Å². The first-order valence-electron chi connectivity index (χ1n) is 7.35. The van der Waals surface area contributed by atoms with Crippen LogP contribution < -0.4 is 0 Å². The molecule has 2 unspecified atom stereocenters. The zero-order chi connectivity index (χ0) is 14.4. The van der Waals surface area contributed by atoms with E-state index in [4.69, 9.17) is 0 Å². The fraction of sp³-hybridized carbons (Fsp3) is 0.444. The normalized spacial score (nSPS) is 28.9. The van der Waals surface area contributed by atoms with Gasteiger partial charge in [-0.1, -0.05) is 18.6 Å². The Labute approximate surface area is 119 Å². The van der Waals surface area contributed by atoms with Crippen LogP contribution in [0.4, 0.5) is 4.39 Å². The van der Waals surface area contributed by atoms with Crippen LogP contribution in [-0.4, -0.2) is 11.3 Å². The van der Waals surface area contributed by atoms with E-state index in [1.165, 1.54) is 16.7 Å². The van der Waals surface area contributed by atoms with Gasteiger partial charge in [-0.25, -0.2) is 4.39 Å². The zero-order valence-electron chi connectivity index (χ0n) is 12.3. The maximum Gasteiger partial charge on any atom is 0.125 e. The molecule has 1 saturated carbocycles. The van der Waals surface area contributed by atoms with E-state index in [0.717, 1.165) is 24.0 Å². The third kappa shape index (κ3) is 1.98. The topological polar surface area (TPSA) is 20.2 Å². The second kappa shape index (κ2) is 4.76. The molecule has 0 spiro atoms. The molecule has 1 aromatic carbocycles. The van der Waals surface area contributed by atoms with Crippen molar-refractivity contribution in [2.24, 2.45) is 11.8 Å². The van der Waals surface area contributed by atoms with Crippen LogP contribution in [0.15, 0.2) is 29.9 Å². The number of phenolic OH excluding ortho intramolecular Hbond substituents is 1. The maximum absolute atomic E-state index is 14.2. The lowest BCUT2D eigenvalue weighted by atomic mass is 9.80. The van der Waals surface area contributed by atoms with Gasteiger partial charge in [0.25, 0.3) is 0 Å². The molecular formula is C18H21FO. The quantitative estimate of drug-likeness (QED) is 0.784. The number of hydrogen-bond donors (Lipinski definition) is 1. The molecule has 0 aromatic heterocycles. The van der Waals surface area contributed by atoms with Crippen LogP contribution in [0.2, 0.25) is 0 Å². The number of phenols is 1. The van der Waals surface area contributed by atoms with Gasteiger partial charge in [0, 0.05) is 5.92 Å². The van der Waals surface area contributed by atoms with E-state index in [1.807, 2.05) is 19.9 Å². The fourth-order valence-electron chi connectivity index (χ4n) is 3.92. The van der Waals surface area contributed by atoms with Gasteiger partial charge in [-0.3, -0.25) is 0 Å². The monoisotopic (exact) mass is 272 g/mol. The highest BCUT2D eigenvalue weighted by Crippen LogP contribution is 2.47. The van der Waals surface area contributed by atoms with Gasteiger partial charge in [0.15, 0.2) is 0 Å². The lowest BCUT2D eigenvalue weighted by Crippen LogP contribution is -2.21. The summed E-state index contributed by atoms with van der Waals surface area (Å²) in [6, 6.07) is 3.58. The molecule has 2 aliphatic rings. The molecular weight excluding hydrogens is 251 g/mol. The first-order valence-corrected chi connectivity index (χ1v) is 7.35. The SMILES string of the molecule is Cc1cc(O)cc(C)c1C1=C2CC[C@@H](C)C2C(F)C=C1. The first-order chi connectivity index (χ1) is 9.49. The van der Waals surface area contributed by atoms with Crippen LogP contribution in [0, 0.1) is 25.7 Å². The number of allylic oxidation sites excluding steroid dienone is 4. The van der Waals surface area contributed by atoms with Crippen LogP contribution in [0.3, 0.4) is 0 Å². The fourth-order valence-corrected chi connectivity index (χ4v) is 3.92. The average Bonchev–Trinajstić information content (AvgIpc) is 2.74.